The number of nitrogens with one attached hydrogen (secondary N) is 1. The van der Waals surface area contributed by atoms with E-state index in [0.29, 0.717) is 18.2 Å². The van der Waals surface area contributed by atoms with Crippen molar-refractivity contribution in [1.29, 1.82) is 0 Å². The van der Waals surface area contributed by atoms with Crippen LogP contribution in [0, 0.1) is 6.92 Å². The fourth-order valence-corrected chi connectivity index (χ4v) is 3.46. The zero-order valence-electron chi connectivity index (χ0n) is 12.9. The number of aromatic amines is 1. The van der Waals surface area contributed by atoms with E-state index in [1.54, 1.807) is 0 Å². The Morgan fingerprint density at radius 2 is 2.33 bits per heavy atom. The Kier molecular flexibility index (Phi) is 4.42. The second-order valence-corrected chi connectivity index (χ2v) is 6.44. The molecule has 4 nitrogen and oxygen atoms in total. The van der Waals surface area contributed by atoms with Crippen molar-refractivity contribution in [3.05, 3.63) is 29.1 Å². The van der Waals surface area contributed by atoms with E-state index in [4.69, 9.17) is 0 Å². The number of amides is 1. The molecule has 0 bridgehead atoms. The predicted molar refractivity (Wildman–Crippen MR) is 83.0 cm³/mol. The zero-order chi connectivity index (χ0) is 14.7. The number of H-pyrrole nitrogens is 1. The maximum Gasteiger partial charge on any atom is 0.226 e. The molecular weight excluding hydrogens is 262 g/mol. The standard InChI is InChI=1S/C17H25N3O/c1-13-10-16(19-18-13)15-8-5-9-20(12-15)17(21)11-14-6-3-2-4-7-14/h6,10,15H,2-5,7-9,11-12H2,1H3,(H,18,19). The number of aromatic nitrogens is 2. The zero-order valence-corrected chi connectivity index (χ0v) is 12.9. The van der Waals surface area contributed by atoms with Gasteiger partial charge in [-0.2, -0.15) is 5.10 Å². The van der Waals surface area contributed by atoms with Crippen molar-refractivity contribution in [2.24, 2.45) is 0 Å². The highest BCUT2D eigenvalue weighted by atomic mass is 16.2. The van der Waals surface area contributed by atoms with Crippen LogP contribution < -0.4 is 0 Å². The summed E-state index contributed by atoms with van der Waals surface area (Å²) in [5.41, 5.74) is 3.56. The number of aryl methyl sites for hydroxylation is 1. The van der Waals surface area contributed by atoms with Gasteiger partial charge in [0.15, 0.2) is 0 Å². The molecule has 21 heavy (non-hydrogen) atoms. The second-order valence-electron chi connectivity index (χ2n) is 6.44. The fraction of sp³-hybridized carbons (Fsp3) is 0.647. The van der Waals surface area contributed by atoms with Crippen LogP contribution >= 0.6 is 0 Å². The van der Waals surface area contributed by atoms with Gasteiger partial charge in [0.05, 0.1) is 5.69 Å². The van der Waals surface area contributed by atoms with E-state index in [2.05, 4.69) is 22.3 Å². The number of allylic oxidation sites excluding steroid dienone is 1. The summed E-state index contributed by atoms with van der Waals surface area (Å²) in [5, 5.41) is 7.39. The second kappa shape index (κ2) is 6.46. The summed E-state index contributed by atoms with van der Waals surface area (Å²) in [6.45, 7) is 3.76. The average Bonchev–Trinajstić information content (AvgIpc) is 2.95. The molecule has 0 spiro atoms. The van der Waals surface area contributed by atoms with Gasteiger partial charge in [0.25, 0.3) is 0 Å². The van der Waals surface area contributed by atoms with Gasteiger partial charge < -0.3 is 4.90 Å². The van der Waals surface area contributed by atoms with Crippen LogP contribution in [0.4, 0.5) is 0 Å². The first kappa shape index (κ1) is 14.4. The van der Waals surface area contributed by atoms with Crippen LogP contribution in [0.3, 0.4) is 0 Å². The molecular formula is C17H25N3O. The molecule has 0 aromatic carbocycles. The quantitative estimate of drug-likeness (QED) is 0.867. The monoisotopic (exact) mass is 287 g/mol. The molecule has 3 rings (SSSR count). The summed E-state index contributed by atoms with van der Waals surface area (Å²) in [6.07, 6.45) is 9.92. The number of likely N-dealkylation sites (tertiary alicyclic amines) is 1. The molecule has 1 fully saturated rings. The highest BCUT2D eigenvalue weighted by Gasteiger charge is 2.26. The molecule has 2 heterocycles. The summed E-state index contributed by atoms with van der Waals surface area (Å²) in [6, 6.07) is 2.11. The summed E-state index contributed by atoms with van der Waals surface area (Å²) < 4.78 is 0. The number of nitrogens with zero attached hydrogens (tertiary/aromatic N) is 2. The van der Waals surface area contributed by atoms with E-state index in [0.717, 1.165) is 50.2 Å². The summed E-state index contributed by atoms with van der Waals surface area (Å²) in [7, 11) is 0. The Morgan fingerprint density at radius 1 is 1.43 bits per heavy atom. The van der Waals surface area contributed by atoms with Gasteiger partial charge in [-0.1, -0.05) is 11.6 Å². The first-order valence-corrected chi connectivity index (χ1v) is 8.20. The highest BCUT2D eigenvalue weighted by molar-refractivity contribution is 5.79. The topological polar surface area (TPSA) is 49.0 Å². The number of rotatable bonds is 3. The normalized spacial score (nSPS) is 23.0. The van der Waals surface area contributed by atoms with Crippen molar-refractivity contribution in [1.82, 2.24) is 15.1 Å². The summed E-state index contributed by atoms with van der Waals surface area (Å²) in [4.78, 5) is 14.6. The molecule has 0 saturated carbocycles. The maximum absolute atomic E-state index is 12.5. The molecule has 1 amide bonds. The third-order valence-corrected chi connectivity index (χ3v) is 4.68. The van der Waals surface area contributed by atoms with Crippen molar-refractivity contribution < 1.29 is 4.79 Å². The largest absolute Gasteiger partial charge is 0.342 e. The van der Waals surface area contributed by atoms with Crippen LogP contribution in [0.5, 0.6) is 0 Å². The Balaban J connectivity index is 1.60. The van der Waals surface area contributed by atoms with Gasteiger partial charge in [-0.05, 0) is 51.5 Å². The molecule has 1 atom stereocenters. The van der Waals surface area contributed by atoms with E-state index in [-0.39, 0.29) is 0 Å². The predicted octanol–water partition coefficient (Wildman–Crippen LogP) is 3.31. The average molecular weight is 287 g/mol. The van der Waals surface area contributed by atoms with Crippen LogP contribution in [-0.4, -0.2) is 34.1 Å². The molecule has 114 valence electrons. The molecule has 1 aliphatic carbocycles. The van der Waals surface area contributed by atoms with Gasteiger partial charge in [0.2, 0.25) is 5.91 Å². The van der Waals surface area contributed by atoms with Crippen LogP contribution in [0.25, 0.3) is 0 Å². The lowest BCUT2D eigenvalue weighted by Gasteiger charge is -2.32. The summed E-state index contributed by atoms with van der Waals surface area (Å²) >= 11 is 0. The maximum atomic E-state index is 12.5. The summed E-state index contributed by atoms with van der Waals surface area (Å²) in [5.74, 6) is 0.702. The number of hydrogen-bond donors (Lipinski definition) is 1. The van der Waals surface area contributed by atoms with Gasteiger partial charge in [-0.25, -0.2) is 0 Å². The number of piperidine rings is 1. The number of hydrogen-bond acceptors (Lipinski definition) is 2. The van der Waals surface area contributed by atoms with Gasteiger partial charge in [0.1, 0.15) is 0 Å². The smallest absolute Gasteiger partial charge is 0.226 e. The fourth-order valence-electron chi connectivity index (χ4n) is 3.46. The third kappa shape index (κ3) is 3.55. The van der Waals surface area contributed by atoms with Gasteiger partial charge >= 0.3 is 0 Å². The van der Waals surface area contributed by atoms with Gasteiger partial charge in [-0.3, -0.25) is 9.89 Å². The SMILES string of the molecule is Cc1cc(C2CCCN(C(=O)CC3=CCCCC3)C2)n[nH]1. The van der Waals surface area contributed by atoms with E-state index in [1.165, 1.54) is 18.4 Å². The Labute approximate surface area is 126 Å². The number of carbonyl (C=O) groups is 1. The van der Waals surface area contributed by atoms with Crippen molar-refractivity contribution in [2.75, 3.05) is 13.1 Å². The molecule has 0 radical (unpaired) electrons. The van der Waals surface area contributed by atoms with Gasteiger partial charge in [-0.15, -0.1) is 0 Å². The Morgan fingerprint density at radius 3 is 3.05 bits per heavy atom. The Bertz CT molecular complexity index is 532. The van der Waals surface area contributed by atoms with E-state index < -0.39 is 0 Å². The first-order valence-electron chi connectivity index (χ1n) is 8.20. The first-order chi connectivity index (χ1) is 10.2. The van der Waals surface area contributed by atoms with E-state index in [1.807, 2.05) is 11.8 Å². The van der Waals surface area contributed by atoms with Crippen molar-refractivity contribution in [2.45, 2.75) is 57.8 Å². The van der Waals surface area contributed by atoms with Crippen molar-refractivity contribution >= 4 is 5.91 Å². The molecule has 1 saturated heterocycles. The van der Waals surface area contributed by atoms with Crippen LogP contribution in [0.15, 0.2) is 17.7 Å². The number of carbonyl (C=O) groups excluding carboxylic acids is 1. The van der Waals surface area contributed by atoms with Crippen molar-refractivity contribution in [3.8, 4) is 0 Å². The van der Waals surface area contributed by atoms with Crippen LogP contribution in [0.1, 0.15) is 62.3 Å². The molecule has 4 heteroatoms. The lowest BCUT2D eigenvalue weighted by molar-refractivity contribution is -0.131. The molecule has 1 aliphatic heterocycles. The minimum atomic E-state index is 0.306. The molecule has 2 aliphatic rings. The molecule has 1 unspecified atom stereocenters. The van der Waals surface area contributed by atoms with Crippen LogP contribution in [-0.2, 0) is 4.79 Å². The highest BCUT2D eigenvalue weighted by Crippen LogP contribution is 2.27. The molecule has 1 N–H and O–H groups in total. The lowest BCUT2D eigenvalue weighted by Crippen LogP contribution is -2.39. The molecule has 1 aromatic rings. The molecule has 1 aromatic heterocycles. The minimum Gasteiger partial charge on any atom is -0.342 e. The lowest BCUT2D eigenvalue weighted by atomic mass is 9.93. The van der Waals surface area contributed by atoms with Crippen molar-refractivity contribution in [3.63, 3.8) is 0 Å². The van der Waals surface area contributed by atoms with E-state index >= 15 is 0 Å². The minimum absolute atomic E-state index is 0.306. The van der Waals surface area contributed by atoms with E-state index in [9.17, 15) is 4.79 Å². The van der Waals surface area contributed by atoms with Crippen LogP contribution in [0.2, 0.25) is 0 Å². The Hall–Kier alpha value is -1.58. The van der Waals surface area contributed by atoms with Gasteiger partial charge in [0, 0.05) is 31.1 Å². The third-order valence-electron chi connectivity index (χ3n) is 4.68.